The Labute approximate surface area is 925 Å². The standard InChI is InChI=1S/C29H27N2S.C26H17N2O.C25H20N3S.C24H15N2O.C22H13N2OS.5Ni/c1-3-16-29(17-4-2)22-11-8-13-26(32)27(22)28-23(29)14-15-25(31-28)21-10-7-9-20(19-21)24-12-5-6-18-30-24;29-25-14-4-3-12-22(25)26-21-11-2-1-8-18(21)17-24(28-26)20-10-7-9-19(16-20)23-13-5-6-15-27-23;1-2-15-28-21-10-6-11-23(29)24(21)25-22(28)13-12-20(27-25)18-8-5-7-17(16-18)19-9-3-4-14-26-19;27-22-9-4-5-16-10-11-17-12-13-21(26-24(17)23(16)22)19-7-3-6-18(15-19)20-8-1-2-14-25-20;26-20-9-4-8-18-21(20)22-19(25-18)11-10-17(24-22)15-6-3-5-14(13-15)16-7-1-2-12-23-16;;;;;/h5-15,18,32H,3-4,16-17H2,1-2H3;1-15,17,29H;3-14,29H,2,15H2,1H3;1-14,27H;1-12,26H;;;;;/q5*-1;;;3*+2/p-3. The SMILES string of the molecule is CCCC1(CCC)c2ccc(-c3[c-]c(-c4ccccn4)ccc3)nc2-c2c([S-])cccc21.CCCn1c2ccc(-c3[c-]c(-c4ccccn4)ccc3)nc2c2c([S-])cccc21.Oc1cccc2ccc3ccc(-c4[c-]c(-c5ccccn5)ccc4)nc3c12.Oc1ccccc1-c1nc(-c2[c-]c(-c3ccccn3)ccc2)cc2ccccc12.[Ni+2].[Ni+2].[Ni+2].[Ni].[Ni].[S-]c1cccc2oc3ccc(-c4[c-]c(-c5ccccn5)ccc4)nc3c12. The van der Waals surface area contributed by atoms with Gasteiger partial charge in [0.05, 0.1) is 27.9 Å². The number of hydrogen-bond acceptors (Lipinski definition) is 16. The van der Waals surface area contributed by atoms with E-state index in [4.69, 9.17) is 67.2 Å². The fraction of sp³-hybridized carbons (Fsp3) is 0.0794. The van der Waals surface area contributed by atoms with Gasteiger partial charge in [0.25, 0.3) is 0 Å². The van der Waals surface area contributed by atoms with Crippen molar-refractivity contribution in [3.05, 3.63) is 442 Å². The molecular weight excluding hydrogens is 2110 g/mol. The van der Waals surface area contributed by atoms with E-state index in [1.54, 1.807) is 36.9 Å². The van der Waals surface area contributed by atoms with Gasteiger partial charge in [-0.2, -0.15) is 14.7 Å². The number of fused-ring (bicyclic) bond motifs is 13. The Morgan fingerprint density at radius 3 is 1.21 bits per heavy atom. The van der Waals surface area contributed by atoms with Crippen molar-refractivity contribution in [2.24, 2.45) is 0 Å². The van der Waals surface area contributed by atoms with E-state index in [1.165, 1.54) is 11.1 Å². The number of furan rings is 1. The Hall–Kier alpha value is -14.8. The van der Waals surface area contributed by atoms with Gasteiger partial charge in [0, 0.05) is 165 Å². The molecule has 736 valence electrons. The number of pyridine rings is 10. The Kier molecular flexibility index (Phi) is 34.6. The van der Waals surface area contributed by atoms with Crippen LogP contribution in [0.15, 0.2) is 420 Å². The second kappa shape index (κ2) is 48.3. The number of para-hydroxylation sites is 1. The summed E-state index contributed by atoms with van der Waals surface area (Å²) in [6, 6.07) is 139. The number of hydrogen-bond donors (Lipinski definition) is 2. The predicted octanol–water partition coefficient (Wildman–Crippen LogP) is 30.6. The predicted molar refractivity (Wildman–Crippen MR) is 583 cm³/mol. The number of aromatic nitrogens is 11. The molecule has 0 aliphatic heterocycles. The summed E-state index contributed by atoms with van der Waals surface area (Å²) in [7, 11) is 0. The third-order valence-electron chi connectivity index (χ3n) is 25.6. The second-order valence-electron chi connectivity index (χ2n) is 34.8. The first kappa shape index (κ1) is 106. The van der Waals surface area contributed by atoms with Crippen molar-refractivity contribution in [2.45, 2.75) is 79.5 Å². The topological polar surface area (TPSA) is 187 Å². The number of aromatic hydroxyl groups is 2. The first-order chi connectivity index (χ1) is 70.3. The molecule has 0 saturated carbocycles. The zero-order valence-electron chi connectivity index (χ0n) is 79.9. The van der Waals surface area contributed by atoms with E-state index in [-0.39, 0.29) is 99.4 Å². The third kappa shape index (κ3) is 22.1. The van der Waals surface area contributed by atoms with Crippen LogP contribution in [-0.2, 0) is 132 Å². The summed E-state index contributed by atoms with van der Waals surface area (Å²) in [5.74, 6) is 0.461. The summed E-state index contributed by atoms with van der Waals surface area (Å²) in [4.78, 5) is 49.5. The van der Waals surface area contributed by atoms with Crippen LogP contribution in [0, 0.1) is 30.3 Å². The Morgan fingerprint density at radius 2 is 0.689 bits per heavy atom. The normalized spacial score (nSPS) is 11.3. The van der Waals surface area contributed by atoms with Crippen LogP contribution in [0.1, 0.15) is 64.0 Å². The number of nitrogens with zero attached hydrogens (tertiary/aromatic N) is 11. The van der Waals surface area contributed by atoms with E-state index in [2.05, 4.69) is 147 Å². The zero-order chi connectivity index (χ0) is 97.3. The molecule has 1 aliphatic carbocycles. The van der Waals surface area contributed by atoms with Crippen LogP contribution in [0.25, 0.3) is 212 Å². The van der Waals surface area contributed by atoms with Crippen molar-refractivity contribution < 1.29 is 97.1 Å². The van der Waals surface area contributed by atoms with Crippen LogP contribution < -0.4 is 0 Å². The van der Waals surface area contributed by atoms with Crippen LogP contribution in [-0.4, -0.2) is 64.6 Å². The molecule has 0 saturated heterocycles. The van der Waals surface area contributed by atoms with E-state index >= 15 is 0 Å². The summed E-state index contributed by atoms with van der Waals surface area (Å²) < 4.78 is 8.19. The molecule has 12 aromatic carbocycles. The average Bonchev–Trinajstić information content (AvgIpc) is 1.56. The summed E-state index contributed by atoms with van der Waals surface area (Å²) >= 11 is 16.9. The maximum Gasteiger partial charge on any atom is 2.00 e. The minimum absolute atomic E-state index is 0. The fourth-order valence-corrected chi connectivity index (χ4v) is 20.0. The minimum Gasteiger partial charge on any atom is -0.779 e. The number of aryl methyl sites for hydroxylation is 1. The van der Waals surface area contributed by atoms with Crippen molar-refractivity contribution >= 4 is 114 Å². The molecule has 2 N–H and O–H groups in total. The first-order valence-corrected chi connectivity index (χ1v) is 48.9. The minimum atomic E-state index is 0. The van der Waals surface area contributed by atoms with Crippen molar-refractivity contribution in [3.63, 3.8) is 0 Å². The van der Waals surface area contributed by atoms with Crippen molar-refractivity contribution in [1.29, 1.82) is 0 Å². The second-order valence-corrected chi connectivity index (χ2v) is 36.1. The van der Waals surface area contributed by atoms with Gasteiger partial charge in [-0.15, -0.1) is 121 Å². The maximum absolute atomic E-state index is 10.4. The van der Waals surface area contributed by atoms with Crippen molar-refractivity contribution in [1.82, 2.24) is 54.4 Å². The number of phenolic OH excluding ortho intramolecular Hbond substituents is 2. The molecule has 22 heteroatoms. The monoisotopic (exact) mass is 2190 g/mol. The molecule has 12 heterocycles. The summed E-state index contributed by atoms with van der Waals surface area (Å²) in [6.45, 7) is 7.68. The van der Waals surface area contributed by atoms with E-state index in [0.717, 1.165) is 259 Å². The molecular formula is C126H89N11Ni5O3S3-2. The molecule has 12 aromatic heterocycles. The Balaban J connectivity index is 0.000000131. The van der Waals surface area contributed by atoms with E-state index < -0.39 is 0 Å². The van der Waals surface area contributed by atoms with Gasteiger partial charge in [0.2, 0.25) is 0 Å². The molecule has 0 unspecified atom stereocenters. The largest absolute Gasteiger partial charge is 2.00 e. The Morgan fingerprint density at radius 1 is 0.291 bits per heavy atom. The molecule has 0 fully saturated rings. The number of benzene rings is 12. The van der Waals surface area contributed by atoms with Gasteiger partial charge in [-0.3, -0.25) is 49.8 Å². The quantitative estimate of drug-likeness (QED) is 0.0379. The molecule has 24 aromatic rings. The number of rotatable bonds is 17. The van der Waals surface area contributed by atoms with Gasteiger partial charge in [0.15, 0.2) is 5.58 Å². The van der Waals surface area contributed by atoms with Gasteiger partial charge in [-0.1, -0.05) is 296 Å². The van der Waals surface area contributed by atoms with Crippen LogP contribution >= 0.6 is 0 Å². The first-order valence-electron chi connectivity index (χ1n) is 47.6. The van der Waals surface area contributed by atoms with E-state index in [1.807, 2.05) is 297 Å². The molecule has 0 bridgehead atoms. The van der Waals surface area contributed by atoms with Crippen molar-refractivity contribution in [2.75, 3.05) is 0 Å². The molecule has 0 atom stereocenters. The van der Waals surface area contributed by atoms with E-state index in [9.17, 15) is 10.2 Å². The number of phenols is 2. The van der Waals surface area contributed by atoms with Crippen LogP contribution in [0.2, 0.25) is 0 Å². The average molecular weight is 2190 g/mol. The zero-order valence-corrected chi connectivity index (χ0v) is 87.3. The van der Waals surface area contributed by atoms with Crippen LogP contribution in [0.5, 0.6) is 11.5 Å². The molecule has 148 heavy (non-hydrogen) atoms. The fourth-order valence-electron chi connectivity index (χ4n) is 19.2. The smallest absolute Gasteiger partial charge is 0.779 e. The molecule has 25 rings (SSSR count). The molecule has 14 nitrogen and oxygen atoms in total. The summed E-state index contributed by atoms with van der Waals surface area (Å²) in [5, 5.41) is 27.5. The van der Waals surface area contributed by atoms with Crippen LogP contribution in [0.3, 0.4) is 0 Å². The van der Waals surface area contributed by atoms with Crippen molar-refractivity contribution in [3.8, 4) is 147 Å². The molecule has 0 radical (unpaired) electrons. The molecule has 0 spiro atoms. The van der Waals surface area contributed by atoms with Gasteiger partial charge in [-0.05, 0) is 125 Å². The van der Waals surface area contributed by atoms with Gasteiger partial charge >= 0.3 is 49.5 Å². The van der Waals surface area contributed by atoms with Gasteiger partial charge < -0.3 is 57.1 Å². The summed E-state index contributed by atoms with van der Waals surface area (Å²) in [6.07, 6.45) is 14.5. The molecule has 0 amide bonds. The van der Waals surface area contributed by atoms with Crippen LogP contribution in [0.4, 0.5) is 0 Å². The summed E-state index contributed by atoms with van der Waals surface area (Å²) in [5.41, 5.74) is 30.8. The Bertz CT molecular complexity index is 8820. The van der Waals surface area contributed by atoms with E-state index in [0.29, 0.717) is 5.56 Å². The van der Waals surface area contributed by atoms with Gasteiger partial charge in [-0.25, -0.2) is 0 Å². The third-order valence-corrected chi connectivity index (χ3v) is 26.6. The maximum atomic E-state index is 10.4. The molecule has 1 aliphatic rings. The van der Waals surface area contributed by atoms with Gasteiger partial charge in [0.1, 0.15) is 22.6 Å².